The number of benzene rings is 2. The first-order valence-electron chi connectivity index (χ1n) is 9.53. The van der Waals surface area contributed by atoms with Crippen molar-refractivity contribution in [3.05, 3.63) is 78.1 Å². The number of methoxy groups -OCH3 is 1. The largest absolute Gasteiger partial charge is 0.573 e. The van der Waals surface area contributed by atoms with E-state index in [0.717, 1.165) is 17.3 Å². The van der Waals surface area contributed by atoms with Gasteiger partial charge in [0.05, 0.1) is 24.1 Å². The molecule has 1 N–H and O–H groups in total. The first-order chi connectivity index (χ1) is 15.2. The topological polar surface area (TPSA) is 64.9 Å². The van der Waals surface area contributed by atoms with Crippen molar-refractivity contribution in [2.24, 2.45) is 0 Å². The molecule has 0 aliphatic rings. The molecule has 32 heavy (non-hydrogen) atoms. The van der Waals surface area contributed by atoms with Gasteiger partial charge in [-0.1, -0.05) is 12.1 Å². The van der Waals surface area contributed by atoms with E-state index in [-0.39, 0.29) is 11.3 Å². The number of aryl methyl sites for hydroxylation is 1. The average Bonchev–Trinajstić information content (AvgIpc) is 3.16. The number of hydrogen-bond acceptors (Lipinski definition) is 4. The Labute approximate surface area is 181 Å². The number of aromatic nitrogens is 2. The zero-order chi connectivity index (χ0) is 22.9. The van der Waals surface area contributed by atoms with Crippen LogP contribution in [-0.2, 0) is 0 Å². The number of para-hydroxylation sites is 1. The highest BCUT2D eigenvalue weighted by molar-refractivity contribution is 6.07. The summed E-state index contributed by atoms with van der Waals surface area (Å²) in [6.07, 6.45) is -1.19. The number of imidazole rings is 1. The smallest absolute Gasteiger partial charge is 0.495 e. The molecule has 0 aliphatic heterocycles. The Bertz CT molecular complexity index is 1300. The fourth-order valence-corrected chi connectivity index (χ4v) is 3.25. The van der Waals surface area contributed by atoms with Crippen molar-refractivity contribution in [1.82, 2.24) is 9.38 Å². The lowest BCUT2D eigenvalue weighted by atomic mass is 10.1. The number of carbonyl (C=O) groups is 1. The normalized spacial score (nSPS) is 11.4. The third kappa shape index (κ3) is 4.51. The molecular weight excluding hydrogens is 423 g/mol. The molecule has 2 aromatic heterocycles. The second kappa shape index (κ2) is 8.26. The maximum atomic E-state index is 12.8. The van der Waals surface area contributed by atoms with Crippen molar-refractivity contribution in [2.75, 3.05) is 12.4 Å². The minimum Gasteiger partial charge on any atom is -0.495 e. The van der Waals surface area contributed by atoms with Gasteiger partial charge in [-0.25, -0.2) is 4.98 Å². The molecule has 0 radical (unpaired) electrons. The maximum Gasteiger partial charge on any atom is 0.573 e. The van der Waals surface area contributed by atoms with Crippen LogP contribution in [0.3, 0.4) is 0 Å². The van der Waals surface area contributed by atoms with Gasteiger partial charge in [0.25, 0.3) is 5.91 Å². The zero-order valence-electron chi connectivity index (χ0n) is 17.1. The summed E-state index contributed by atoms with van der Waals surface area (Å²) >= 11 is 0. The zero-order valence-corrected chi connectivity index (χ0v) is 17.1. The molecule has 2 heterocycles. The van der Waals surface area contributed by atoms with E-state index in [2.05, 4.69) is 15.0 Å². The maximum absolute atomic E-state index is 12.8. The monoisotopic (exact) mass is 441 g/mol. The molecule has 4 rings (SSSR count). The van der Waals surface area contributed by atoms with Crippen molar-refractivity contribution in [3.8, 4) is 22.8 Å². The van der Waals surface area contributed by atoms with E-state index in [1.54, 1.807) is 18.2 Å². The van der Waals surface area contributed by atoms with Gasteiger partial charge in [0.1, 0.15) is 17.1 Å². The number of pyridine rings is 1. The average molecular weight is 441 g/mol. The summed E-state index contributed by atoms with van der Waals surface area (Å²) in [5.74, 6) is -1.02. The number of fused-ring (bicyclic) bond motifs is 1. The van der Waals surface area contributed by atoms with Crippen LogP contribution in [0.1, 0.15) is 15.9 Å². The molecule has 4 aromatic rings. The number of ether oxygens (including phenoxy) is 2. The lowest BCUT2D eigenvalue weighted by Gasteiger charge is -2.15. The predicted octanol–water partition coefficient (Wildman–Crippen LogP) is 5.47. The van der Waals surface area contributed by atoms with Gasteiger partial charge < -0.3 is 19.2 Å². The summed E-state index contributed by atoms with van der Waals surface area (Å²) in [7, 11) is 1.43. The molecule has 0 unspecified atom stereocenters. The molecule has 0 saturated heterocycles. The standard InChI is InChI=1S/C23H18F3N3O3/c1-14-9-10-29-13-18(27-21(29)11-14)15-7-8-20(31-2)17(12-15)28-22(30)16-5-3-4-6-19(16)32-23(24,25)26/h3-13H,1-2H3,(H,28,30). The van der Waals surface area contributed by atoms with Crippen molar-refractivity contribution in [2.45, 2.75) is 13.3 Å². The van der Waals surface area contributed by atoms with Crippen LogP contribution in [0.4, 0.5) is 18.9 Å². The van der Waals surface area contributed by atoms with E-state index >= 15 is 0 Å². The first kappa shape index (κ1) is 21.2. The Kier molecular flexibility index (Phi) is 5.48. The highest BCUT2D eigenvalue weighted by atomic mass is 19.4. The van der Waals surface area contributed by atoms with Crippen LogP contribution in [0.15, 0.2) is 67.0 Å². The summed E-state index contributed by atoms with van der Waals surface area (Å²) in [6, 6.07) is 14.1. The molecule has 6 nitrogen and oxygen atoms in total. The summed E-state index contributed by atoms with van der Waals surface area (Å²) < 4.78 is 49.3. The van der Waals surface area contributed by atoms with E-state index in [4.69, 9.17) is 4.74 Å². The summed E-state index contributed by atoms with van der Waals surface area (Å²) in [6.45, 7) is 1.97. The fourth-order valence-electron chi connectivity index (χ4n) is 3.25. The number of carbonyl (C=O) groups excluding carboxylic acids is 1. The van der Waals surface area contributed by atoms with Crippen molar-refractivity contribution in [1.29, 1.82) is 0 Å². The quantitative estimate of drug-likeness (QED) is 0.446. The molecule has 0 saturated carbocycles. The van der Waals surface area contributed by atoms with E-state index in [1.165, 1.54) is 25.3 Å². The SMILES string of the molecule is COc1ccc(-c2cn3ccc(C)cc3n2)cc1NC(=O)c1ccccc1OC(F)(F)F. The van der Waals surface area contributed by atoms with Crippen LogP contribution >= 0.6 is 0 Å². The van der Waals surface area contributed by atoms with E-state index in [9.17, 15) is 18.0 Å². The summed E-state index contributed by atoms with van der Waals surface area (Å²) in [4.78, 5) is 17.4. The Hall–Kier alpha value is -4.01. The number of nitrogens with zero attached hydrogens (tertiary/aromatic N) is 2. The van der Waals surface area contributed by atoms with Gasteiger partial charge in [-0.3, -0.25) is 4.79 Å². The summed E-state index contributed by atoms with van der Waals surface area (Å²) in [5.41, 5.74) is 3.21. The molecule has 2 aromatic carbocycles. The van der Waals surface area contributed by atoms with Gasteiger partial charge in [-0.05, 0) is 55.0 Å². The number of amides is 1. The molecule has 1 amide bonds. The molecule has 164 valence electrons. The Morgan fingerprint density at radius 3 is 2.59 bits per heavy atom. The van der Waals surface area contributed by atoms with Crippen LogP contribution in [0.25, 0.3) is 16.9 Å². The molecule has 0 aliphatic carbocycles. The van der Waals surface area contributed by atoms with Crippen molar-refractivity contribution < 1.29 is 27.4 Å². The van der Waals surface area contributed by atoms with Crippen molar-refractivity contribution >= 4 is 17.2 Å². The predicted molar refractivity (Wildman–Crippen MR) is 113 cm³/mol. The van der Waals surface area contributed by atoms with Gasteiger partial charge in [0.2, 0.25) is 0 Å². The van der Waals surface area contributed by atoms with E-state index in [1.807, 2.05) is 35.9 Å². The number of hydrogen-bond donors (Lipinski definition) is 1. The molecule has 0 atom stereocenters. The van der Waals surface area contributed by atoms with E-state index in [0.29, 0.717) is 17.0 Å². The number of halogens is 3. The van der Waals surface area contributed by atoms with Crippen LogP contribution in [0, 0.1) is 6.92 Å². The lowest BCUT2D eigenvalue weighted by molar-refractivity contribution is -0.274. The fraction of sp³-hybridized carbons (Fsp3) is 0.130. The highest BCUT2D eigenvalue weighted by Crippen LogP contribution is 2.32. The number of anilines is 1. The number of rotatable bonds is 5. The first-order valence-corrected chi connectivity index (χ1v) is 9.53. The molecule has 9 heteroatoms. The second-order valence-electron chi connectivity index (χ2n) is 7.01. The Morgan fingerprint density at radius 2 is 1.84 bits per heavy atom. The molecule has 0 bridgehead atoms. The van der Waals surface area contributed by atoms with Crippen molar-refractivity contribution in [3.63, 3.8) is 0 Å². The van der Waals surface area contributed by atoms with Gasteiger partial charge in [-0.15, -0.1) is 13.2 Å². The number of nitrogens with one attached hydrogen (secondary N) is 1. The van der Waals surface area contributed by atoms with Crippen LogP contribution in [-0.4, -0.2) is 28.8 Å². The van der Waals surface area contributed by atoms with Gasteiger partial charge in [-0.2, -0.15) is 0 Å². The van der Waals surface area contributed by atoms with Crippen LogP contribution in [0.2, 0.25) is 0 Å². The highest BCUT2D eigenvalue weighted by Gasteiger charge is 2.33. The Morgan fingerprint density at radius 1 is 1.06 bits per heavy atom. The third-order valence-corrected chi connectivity index (χ3v) is 4.72. The van der Waals surface area contributed by atoms with Crippen LogP contribution in [0.5, 0.6) is 11.5 Å². The Balaban J connectivity index is 1.67. The number of alkyl halides is 3. The minimum atomic E-state index is -4.92. The third-order valence-electron chi connectivity index (χ3n) is 4.72. The molecule has 0 fully saturated rings. The molecular formula is C23H18F3N3O3. The van der Waals surface area contributed by atoms with Gasteiger partial charge in [0.15, 0.2) is 0 Å². The minimum absolute atomic E-state index is 0.263. The van der Waals surface area contributed by atoms with Gasteiger partial charge >= 0.3 is 6.36 Å². The van der Waals surface area contributed by atoms with Gasteiger partial charge in [0, 0.05) is 18.0 Å². The molecule has 0 spiro atoms. The second-order valence-corrected chi connectivity index (χ2v) is 7.01. The lowest BCUT2D eigenvalue weighted by Crippen LogP contribution is -2.21. The summed E-state index contributed by atoms with van der Waals surface area (Å²) in [5, 5.41) is 2.61. The van der Waals surface area contributed by atoms with E-state index < -0.39 is 18.0 Å². The van der Waals surface area contributed by atoms with Crippen LogP contribution < -0.4 is 14.8 Å².